The van der Waals surface area contributed by atoms with Gasteiger partial charge < -0.3 is 19.1 Å². The van der Waals surface area contributed by atoms with Crippen LogP contribution in [-0.2, 0) is 4.79 Å². The number of anilines is 1. The van der Waals surface area contributed by atoms with Crippen molar-refractivity contribution in [3.63, 3.8) is 0 Å². The highest BCUT2D eigenvalue weighted by Crippen LogP contribution is 2.43. The lowest BCUT2D eigenvalue weighted by molar-refractivity contribution is -0.132. The summed E-state index contributed by atoms with van der Waals surface area (Å²) in [4.78, 5) is 19.5. The second kappa shape index (κ2) is 8.53. The van der Waals surface area contributed by atoms with Gasteiger partial charge in [-0.3, -0.25) is 4.79 Å². The van der Waals surface area contributed by atoms with E-state index in [4.69, 9.17) is 19.2 Å². The van der Waals surface area contributed by atoms with Crippen molar-refractivity contribution in [3.8, 4) is 39.1 Å². The molecular weight excluding hydrogens is 388 g/mol. The fourth-order valence-corrected chi connectivity index (χ4v) is 3.88. The molecule has 0 radical (unpaired) electrons. The first-order valence-electron chi connectivity index (χ1n) is 9.04. The number of aromatic nitrogens is 1. The Morgan fingerprint density at radius 1 is 1.00 bits per heavy atom. The average Bonchev–Trinajstić information content (AvgIpc) is 3.09. The molecule has 29 heavy (non-hydrogen) atoms. The molecule has 3 rings (SSSR count). The molecule has 0 bridgehead atoms. The van der Waals surface area contributed by atoms with Crippen molar-refractivity contribution < 1.29 is 19.0 Å². The van der Waals surface area contributed by atoms with Gasteiger partial charge in [-0.1, -0.05) is 12.1 Å². The van der Waals surface area contributed by atoms with Crippen molar-refractivity contribution in [2.24, 2.45) is 0 Å². The number of benzene rings is 2. The third-order valence-electron chi connectivity index (χ3n) is 4.41. The Morgan fingerprint density at radius 3 is 2.07 bits per heavy atom. The number of nitrogens with zero attached hydrogens (tertiary/aromatic N) is 2. The van der Waals surface area contributed by atoms with Gasteiger partial charge in [-0.25, -0.2) is 4.98 Å². The minimum absolute atomic E-state index is 0.263. The molecule has 0 aliphatic heterocycles. The summed E-state index contributed by atoms with van der Waals surface area (Å²) in [6.45, 7) is 3.39. The van der Waals surface area contributed by atoms with Crippen molar-refractivity contribution in [3.05, 3.63) is 41.3 Å². The zero-order valence-electron chi connectivity index (χ0n) is 17.4. The first-order chi connectivity index (χ1) is 13.8. The molecule has 1 heterocycles. The lowest BCUT2D eigenvalue weighted by Crippen LogP contribution is -2.07. The molecule has 2 aromatic carbocycles. The number of esters is 1. The van der Waals surface area contributed by atoms with Crippen LogP contribution >= 0.6 is 11.3 Å². The second-order valence-electron chi connectivity index (χ2n) is 6.67. The maximum absolute atomic E-state index is 11.4. The van der Waals surface area contributed by atoms with Crippen LogP contribution in [0.4, 0.5) is 5.69 Å². The van der Waals surface area contributed by atoms with E-state index in [1.807, 2.05) is 14.1 Å². The third kappa shape index (κ3) is 4.35. The van der Waals surface area contributed by atoms with Crippen LogP contribution in [0.1, 0.15) is 11.8 Å². The quantitative estimate of drug-likeness (QED) is 0.428. The van der Waals surface area contributed by atoms with Crippen LogP contribution in [0.15, 0.2) is 36.4 Å². The lowest BCUT2D eigenvalue weighted by Gasteiger charge is -2.13. The van der Waals surface area contributed by atoms with Crippen LogP contribution < -0.4 is 19.1 Å². The summed E-state index contributed by atoms with van der Waals surface area (Å²) in [6.07, 6.45) is 0. The highest BCUT2D eigenvalue weighted by atomic mass is 32.1. The van der Waals surface area contributed by atoms with E-state index >= 15 is 0 Å². The molecule has 0 spiro atoms. The number of methoxy groups -OCH3 is 2. The number of hydrogen-bond acceptors (Lipinski definition) is 7. The average molecular weight is 413 g/mol. The van der Waals surface area contributed by atoms with Gasteiger partial charge >= 0.3 is 5.97 Å². The van der Waals surface area contributed by atoms with Gasteiger partial charge in [-0.05, 0) is 31.2 Å². The van der Waals surface area contributed by atoms with Crippen LogP contribution in [0.3, 0.4) is 0 Å². The van der Waals surface area contributed by atoms with Crippen molar-refractivity contribution in [1.82, 2.24) is 4.98 Å². The van der Waals surface area contributed by atoms with E-state index in [9.17, 15) is 4.79 Å². The fourth-order valence-electron chi connectivity index (χ4n) is 2.95. The minimum Gasteiger partial charge on any atom is -0.493 e. The SMILES string of the molecule is COc1cc(-c2nc(-c3ccc(N(C)C)cc3)c(C)s2)cc(OC)c1OC(C)=O. The van der Waals surface area contributed by atoms with E-state index in [-0.39, 0.29) is 5.75 Å². The number of hydrogen-bond donors (Lipinski definition) is 0. The van der Waals surface area contributed by atoms with Crippen LogP contribution in [-0.4, -0.2) is 39.3 Å². The Kier molecular flexibility index (Phi) is 6.08. The van der Waals surface area contributed by atoms with E-state index in [0.717, 1.165) is 32.4 Å². The molecule has 0 N–H and O–H groups in total. The second-order valence-corrected chi connectivity index (χ2v) is 7.87. The van der Waals surface area contributed by atoms with Crippen LogP contribution in [0.25, 0.3) is 21.8 Å². The molecule has 0 aliphatic rings. The largest absolute Gasteiger partial charge is 0.493 e. The van der Waals surface area contributed by atoms with Gasteiger partial charge in [0, 0.05) is 42.7 Å². The van der Waals surface area contributed by atoms with Crippen LogP contribution in [0, 0.1) is 6.92 Å². The fraction of sp³-hybridized carbons (Fsp3) is 0.273. The standard InChI is InChI=1S/C22H24N2O4S/c1-13-20(15-7-9-17(10-8-15)24(3)4)23-22(29-13)16-11-18(26-5)21(28-14(2)25)19(12-16)27-6/h7-12H,1-6H3. The molecule has 0 unspecified atom stereocenters. The normalized spacial score (nSPS) is 10.6. The summed E-state index contributed by atoms with van der Waals surface area (Å²) in [5.41, 5.74) is 3.97. The molecule has 1 aromatic heterocycles. The maximum Gasteiger partial charge on any atom is 0.308 e. The number of thiazole rings is 1. The van der Waals surface area contributed by atoms with Gasteiger partial charge in [-0.15, -0.1) is 11.3 Å². The molecule has 0 aliphatic carbocycles. The summed E-state index contributed by atoms with van der Waals surface area (Å²) in [5.74, 6) is 0.653. The molecule has 7 heteroatoms. The zero-order chi connectivity index (χ0) is 21.1. The highest BCUT2D eigenvalue weighted by Gasteiger charge is 2.19. The molecule has 0 atom stereocenters. The van der Waals surface area contributed by atoms with E-state index < -0.39 is 5.97 Å². The molecule has 0 saturated carbocycles. The monoisotopic (exact) mass is 412 g/mol. The predicted octanol–water partition coefficient (Wildman–Crippen LogP) is 4.79. The Labute approximate surface area is 174 Å². The summed E-state index contributed by atoms with van der Waals surface area (Å²) in [6, 6.07) is 11.9. The Hall–Kier alpha value is -3.06. The zero-order valence-corrected chi connectivity index (χ0v) is 18.2. The number of carbonyl (C=O) groups is 1. The third-order valence-corrected chi connectivity index (χ3v) is 5.43. The molecule has 0 saturated heterocycles. The summed E-state index contributed by atoms with van der Waals surface area (Å²) in [7, 11) is 7.08. The Balaban J connectivity index is 2.03. The predicted molar refractivity (Wildman–Crippen MR) is 116 cm³/mol. The smallest absolute Gasteiger partial charge is 0.308 e. The number of carbonyl (C=O) groups excluding carboxylic acids is 1. The van der Waals surface area contributed by atoms with Gasteiger partial charge in [0.15, 0.2) is 11.5 Å². The highest BCUT2D eigenvalue weighted by molar-refractivity contribution is 7.15. The lowest BCUT2D eigenvalue weighted by atomic mass is 10.1. The Morgan fingerprint density at radius 2 is 1.59 bits per heavy atom. The van der Waals surface area contributed by atoms with Gasteiger partial charge in [0.1, 0.15) is 5.01 Å². The summed E-state index contributed by atoms with van der Waals surface area (Å²) < 4.78 is 16.1. The molecule has 152 valence electrons. The van der Waals surface area contributed by atoms with E-state index in [2.05, 4.69) is 36.1 Å². The number of rotatable bonds is 6. The van der Waals surface area contributed by atoms with Gasteiger partial charge in [0.05, 0.1) is 19.9 Å². The molecular formula is C22H24N2O4S. The van der Waals surface area contributed by atoms with Crippen molar-refractivity contribution in [2.75, 3.05) is 33.2 Å². The van der Waals surface area contributed by atoms with E-state index in [0.29, 0.717) is 11.5 Å². The van der Waals surface area contributed by atoms with Crippen LogP contribution in [0.5, 0.6) is 17.2 Å². The van der Waals surface area contributed by atoms with E-state index in [1.54, 1.807) is 23.5 Å². The van der Waals surface area contributed by atoms with Gasteiger partial charge in [0.2, 0.25) is 5.75 Å². The van der Waals surface area contributed by atoms with Crippen molar-refractivity contribution >= 4 is 23.0 Å². The summed E-state index contributed by atoms with van der Waals surface area (Å²) >= 11 is 1.59. The van der Waals surface area contributed by atoms with Crippen molar-refractivity contribution in [2.45, 2.75) is 13.8 Å². The van der Waals surface area contributed by atoms with E-state index in [1.165, 1.54) is 21.1 Å². The van der Waals surface area contributed by atoms with Gasteiger partial charge in [0.25, 0.3) is 0 Å². The minimum atomic E-state index is -0.442. The number of ether oxygens (including phenoxy) is 3. The Bertz CT molecular complexity index is 1000. The molecule has 0 amide bonds. The van der Waals surface area contributed by atoms with Crippen molar-refractivity contribution in [1.29, 1.82) is 0 Å². The summed E-state index contributed by atoms with van der Waals surface area (Å²) in [5, 5.41) is 0.833. The maximum atomic E-state index is 11.4. The van der Waals surface area contributed by atoms with Crippen LogP contribution in [0.2, 0.25) is 0 Å². The molecule has 0 fully saturated rings. The molecule has 3 aromatic rings. The number of aryl methyl sites for hydroxylation is 1. The topological polar surface area (TPSA) is 60.9 Å². The first-order valence-corrected chi connectivity index (χ1v) is 9.85. The first kappa shape index (κ1) is 20.7. The van der Waals surface area contributed by atoms with Gasteiger partial charge in [-0.2, -0.15) is 0 Å². The molecule has 6 nitrogen and oxygen atoms in total.